The Morgan fingerprint density at radius 2 is 1.72 bits per heavy atom. The fourth-order valence-electron chi connectivity index (χ4n) is 2.58. The Balaban J connectivity index is 2.83. The normalized spacial score (nSPS) is 14.5. The van der Waals surface area contributed by atoms with Gasteiger partial charge in [-0.05, 0) is 40.1 Å². The molecule has 0 spiro atoms. The molecule has 0 heterocycles. The minimum atomic E-state index is -0.410. The Hall–Kier alpha value is -0.140. The van der Waals surface area contributed by atoms with Crippen LogP contribution < -0.4 is 0 Å². The third kappa shape index (κ3) is 3.93. The first-order valence-corrected chi connectivity index (χ1v) is 9.84. The maximum absolute atomic E-state index is 5.92. The largest absolute Gasteiger partial charge is 0.241 e. The highest BCUT2D eigenvalue weighted by Crippen LogP contribution is 2.49. The molecule has 0 fully saturated rings. The molecule has 0 aliphatic rings. The summed E-state index contributed by atoms with van der Waals surface area (Å²) in [5.41, 5.74) is 2.70. The van der Waals surface area contributed by atoms with Crippen molar-refractivity contribution in [2.75, 3.05) is 23.0 Å². The summed E-state index contributed by atoms with van der Waals surface area (Å²) < 4.78 is 0. The molecule has 2 heteroatoms. The molecule has 0 bridgehead atoms. The SMILES string of the molecule is CCS(CC)(CC)CC(C)c1cccc(CCl)c1. The lowest BCUT2D eigenvalue weighted by Crippen LogP contribution is -2.17. The average molecular weight is 287 g/mol. The second-order valence-electron chi connectivity index (χ2n) is 5.04. The van der Waals surface area contributed by atoms with Gasteiger partial charge in [-0.25, -0.2) is 10.0 Å². The molecule has 1 aromatic rings. The highest BCUT2D eigenvalue weighted by atomic mass is 35.5. The number of rotatable bonds is 7. The van der Waals surface area contributed by atoms with Crippen molar-refractivity contribution < 1.29 is 0 Å². The van der Waals surface area contributed by atoms with Gasteiger partial charge in [-0.3, -0.25) is 0 Å². The van der Waals surface area contributed by atoms with Crippen molar-refractivity contribution in [3.05, 3.63) is 35.4 Å². The smallest absolute Gasteiger partial charge is 0.0474 e. The van der Waals surface area contributed by atoms with Crippen LogP contribution in [0.1, 0.15) is 44.7 Å². The zero-order valence-electron chi connectivity index (χ0n) is 12.2. The molecule has 1 atom stereocenters. The topological polar surface area (TPSA) is 0 Å². The van der Waals surface area contributed by atoms with E-state index >= 15 is 0 Å². The fraction of sp³-hybridized carbons (Fsp3) is 0.625. The Bertz CT molecular complexity index is 350. The van der Waals surface area contributed by atoms with Crippen LogP contribution in [0.3, 0.4) is 0 Å². The van der Waals surface area contributed by atoms with E-state index < -0.39 is 10.0 Å². The highest BCUT2D eigenvalue weighted by Gasteiger charge is 2.21. The van der Waals surface area contributed by atoms with Crippen LogP contribution in [0.25, 0.3) is 0 Å². The van der Waals surface area contributed by atoms with Crippen molar-refractivity contribution in [2.45, 2.75) is 39.5 Å². The van der Waals surface area contributed by atoms with Crippen molar-refractivity contribution in [2.24, 2.45) is 0 Å². The Labute approximate surface area is 119 Å². The van der Waals surface area contributed by atoms with Crippen LogP contribution in [-0.2, 0) is 5.88 Å². The van der Waals surface area contributed by atoms with Gasteiger partial charge in [0, 0.05) is 5.88 Å². The van der Waals surface area contributed by atoms with Gasteiger partial charge in [-0.15, -0.1) is 11.6 Å². The standard InChI is InChI=1S/C16H27ClS/c1-5-18(6-2,7-3)13-14(4)16-10-8-9-15(11-16)12-17/h8-11,14H,5-7,12-13H2,1-4H3. The lowest BCUT2D eigenvalue weighted by molar-refractivity contribution is 0.868. The zero-order valence-corrected chi connectivity index (χ0v) is 13.8. The van der Waals surface area contributed by atoms with E-state index in [1.54, 1.807) is 0 Å². The van der Waals surface area contributed by atoms with E-state index in [1.807, 2.05) is 0 Å². The van der Waals surface area contributed by atoms with Crippen LogP contribution in [0.4, 0.5) is 0 Å². The molecule has 0 radical (unpaired) electrons. The number of alkyl halides is 1. The zero-order chi connectivity index (χ0) is 13.6. The Kier molecular flexibility index (Phi) is 6.59. The molecule has 0 amide bonds. The maximum Gasteiger partial charge on any atom is 0.0474 e. The minimum Gasteiger partial charge on any atom is -0.241 e. The number of hydrogen-bond donors (Lipinski definition) is 0. The number of benzene rings is 1. The number of halogens is 1. The lowest BCUT2D eigenvalue weighted by atomic mass is 10.0. The first-order chi connectivity index (χ1) is 8.60. The summed E-state index contributed by atoms with van der Waals surface area (Å²) in [4.78, 5) is 0. The second-order valence-corrected chi connectivity index (χ2v) is 9.82. The van der Waals surface area contributed by atoms with Crippen LogP contribution >= 0.6 is 21.6 Å². The maximum atomic E-state index is 5.92. The average Bonchev–Trinajstić information content (AvgIpc) is 2.44. The fourth-order valence-corrected chi connectivity index (χ4v) is 5.93. The van der Waals surface area contributed by atoms with E-state index in [-0.39, 0.29) is 0 Å². The van der Waals surface area contributed by atoms with Gasteiger partial charge < -0.3 is 0 Å². The van der Waals surface area contributed by atoms with Crippen molar-refractivity contribution in [3.8, 4) is 0 Å². The molecule has 0 aliphatic heterocycles. The third-order valence-corrected chi connectivity index (χ3v) is 9.30. The first kappa shape index (κ1) is 15.9. The summed E-state index contributed by atoms with van der Waals surface area (Å²) in [5, 5.41) is 0. The molecule has 0 saturated carbocycles. The van der Waals surface area contributed by atoms with Crippen molar-refractivity contribution in [3.63, 3.8) is 0 Å². The molecule has 0 saturated heterocycles. The second kappa shape index (κ2) is 7.45. The van der Waals surface area contributed by atoms with E-state index in [9.17, 15) is 0 Å². The van der Waals surface area contributed by atoms with Crippen LogP contribution in [-0.4, -0.2) is 23.0 Å². The molecule has 18 heavy (non-hydrogen) atoms. The van der Waals surface area contributed by atoms with Crippen molar-refractivity contribution in [1.82, 2.24) is 0 Å². The molecule has 0 nitrogen and oxygen atoms in total. The van der Waals surface area contributed by atoms with Crippen LogP contribution in [0.5, 0.6) is 0 Å². The molecule has 1 aromatic carbocycles. The summed E-state index contributed by atoms with van der Waals surface area (Å²) in [6.45, 7) is 9.47. The van der Waals surface area contributed by atoms with Gasteiger partial charge in [0.05, 0.1) is 0 Å². The van der Waals surface area contributed by atoms with E-state index in [0.717, 1.165) is 0 Å². The summed E-state index contributed by atoms with van der Waals surface area (Å²) in [6.07, 6.45) is 0. The van der Waals surface area contributed by atoms with E-state index in [2.05, 4.69) is 52.0 Å². The molecule has 1 unspecified atom stereocenters. The quantitative estimate of drug-likeness (QED) is 0.589. The van der Waals surface area contributed by atoms with Crippen LogP contribution in [0, 0.1) is 0 Å². The molecule has 0 N–H and O–H groups in total. The molecule has 1 rings (SSSR count). The molecular formula is C16H27ClS. The van der Waals surface area contributed by atoms with Gasteiger partial charge in [0.15, 0.2) is 0 Å². The molecule has 0 aliphatic carbocycles. The van der Waals surface area contributed by atoms with Gasteiger partial charge in [-0.2, -0.15) is 0 Å². The van der Waals surface area contributed by atoms with Gasteiger partial charge in [0.25, 0.3) is 0 Å². The summed E-state index contributed by atoms with van der Waals surface area (Å²) >= 11 is 5.92. The van der Waals surface area contributed by atoms with E-state index in [4.69, 9.17) is 11.6 Å². The summed E-state index contributed by atoms with van der Waals surface area (Å²) in [5.74, 6) is 6.72. The predicted octanol–water partition coefficient (Wildman–Crippen LogP) is 5.39. The first-order valence-electron chi connectivity index (χ1n) is 6.99. The van der Waals surface area contributed by atoms with Gasteiger partial charge in [-0.1, -0.05) is 52.0 Å². The van der Waals surface area contributed by atoms with E-state index in [0.29, 0.717) is 11.8 Å². The Morgan fingerprint density at radius 1 is 1.11 bits per heavy atom. The molecular weight excluding hydrogens is 260 g/mol. The highest BCUT2D eigenvalue weighted by molar-refractivity contribution is 8.33. The van der Waals surface area contributed by atoms with Crippen LogP contribution in [0.2, 0.25) is 0 Å². The predicted molar refractivity (Wildman–Crippen MR) is 88.5 cm³/mol. The van der Waals surface area contributed by atoms with Gasteiger partial charge in [0.2, 0.25) is 0 Å². The van der Waals surface area contributed by atoms with Crippen molar-refractivity contribution >= 4 is 21.6 Å². The monoisotopic (exact) mass is 286 g/mol. The Morgan fingerprint density at radius 3 is 2.22 bits per heavy atom. The molecule has 104 valence electrons. The number of hydrogen-bond acceptors (Lipinski definition) is 0. The van der Waals surface area contributed by atoms with Gasteiger partial charge >= 0.3 is 0 Å². The molecule has 0 aromatic heterocycles. The minimum absolute atomic E-state index is 0.410. The van der Waals surface area contributed by atoms with Crippen LogP contribution in [0.15, 0.2) is 24.3 Å². The lowest BCUT2D eigenvalue weighted by Gasteiger charge is -2.39. The van der Waals surface area contributed by atoms with E-state index in [1.165, 1.54) is 34.1 Å². The summed E-state index contributed by atoms with van der Waals surface area (Å²) in [6, 6.07) is 8.79. The summed E-state index contributed by atoms with van der Waals surface area (Å²) in [7, 11) is -0.410. The van der Waals surface area contributed by atoms with Gasteiger partial charge in [0.1, 0.15) is 0 Å². The third-order valence-electron chi connectivity index (χ3n) is 4.12. The van der Waals surface area contributed by atoms with Crippen molar-refractivity contribution in [1.29, 1.82) is 0 Å².